The second-order valence-corrected chi connectivity index (χ2v) is 7.85. The van der Waals surface area contributed by atoms with E-state index < -0.39 is 0 Å². The van der Waals surface area contributed by atoms with Crippen LogP contribution in [0.5, 0.6) is 5.75 Å². The maximum Gasteiger partial charge on any atom is 0.253 e. The Morgan fingerprint density at radius 3 is 2.23 bits per heavy atom. The molecule has 1 amide bonds. The lowest BCUT2D eigenvalue weighted by atomic mass is 10.1. The first-order valence-electron chi connectivity index (χ1n) is 10.6. The van der Waals surface area contributed by atoms with Crippen LogP contribution in [-0.4, -0.2) is 62.1 Å². The predicted octanol–water partition coefficient (Wildman–Crippen LogP) is 3.41. The molecule has 0 aromatic heterocycles. The topological polar surface area (TPSA) is 59.1 Å². The molecule has 1 atom stereocenters. The Labute approximate surface area is 177 Å². The van der Waals surface area contributed by atoms with E-state index in [0.29, 0.717) is 25.3 Å². The van der Waals surface area contributed by atoms with E-state index in [1.165, 1.54) is 0 Å². The third kappa shape index (κ3) is 4.82. The van der Waals surface area contributed by atoms with Gasteiger partial charge in [-0.25, -0.2) is 0 Å². The van der Waals surface area contributed by atoms with Crippen molar-refractivity contribution in [3.05, 3.63) is 59.7 Å². The predicted molar refractivity (Wildman–Crippen MR) is 115 cm³/mol. The zero-order chi connectivity index (χ0) is 20.9. The number of piperazine rings is 1. The molecule has 2 fully saturated rings. The van der Waals surface area contributed by atoms with Crippen molar-refractivity contribution in [1.82, 2.24) is 4.90 Å². The van der Waals surface area contributed by atoms with E-state index in [0.717, 1.165) is 49.5 Å². The lowest BCUT2D eigenvalue weighted by Crippen LogP contribution is -2.48. The molecule has 2 aliphatic rings. The molecular weight excluding hydrogens is 380 g/mol. The summed E-state index contributed by atoms with van der Waals surface area (Å²) in [5.74, 6) is 0.883. The normalized spacial score (nSPS) is 19.0. The van der Waals surface area contributed by atoms with Gasteiger partial charge < -0.3 is 19.3 Å². The van der Waals surface area contributed by atoms with Gasteiger partial charge in [-0.2, -0.15) is 0 Å². The van der Waals surface area contributed by atoms with Gasteiger partial charge in [-0.05, 0) is 68.3 Å². The van der Waals surface area contributed by atoms with Crippen LogP contribution in [0.1, 0.15) is 40.5 Å². The highest BCUT2D eigenvalue weighted by atomic mass is 16.5. The standard InChI is InChI=1S/C24H28N2O4/c1-18(27)19-4-8-21(9-5-19)25-12-14-26(15-13-25)24(28)20-6-10-22(11-7-20)30-17-23-3-2-16-29-23/h4-11,23H,2-3,12-17H2,1H3/t23-/m0/s1. The van der Waals surface area contributed by atoms with Crippen molar-refractivity contribution in [3.8, 4) is 5.75 Å². The fourth-order valence-electron chi connectivity index (χ4n) is 3.92. The lowest BCUT2D eigenvalue weighted by molar-refractivity contribution is 0.0678. The van der Waals surface area contributed by atoms with Crippen molar-refractivity contribution in [2.45, 2.75) is 25.9 Å². The maximum absolute atomic E-state index is 12.8. The van der Waals surface area contributed by atoms with Crippen LogP contribution in [0.4, 0.5) is 5.69 Å². The summed E-state index contributed by atoms with van der Waals surface area (Å²) in [5, 5.41) is 0. The van der Waals surface area contributed by atoms with Crippen molar-refractivity contribution in [2.24, 2.45) is 0 Å². The molecule has 0 bridgehead atoms. The Hall–Kier alpha value is -2.86. The number of carbonyl (C=O) groups excluding carboxylic acids is 2. The Morgan fingerprint density at radius 1 is 0.967 bits per heavy atom. The number of carbonyl (C=O) groups is 2. The van der Waals surface area contributed by atoms with Gasteiger partial charge in [-0.3, -0.25) is 9.59 Å². The molecule has 2 saturated heterocycles. The largest absolute Gasteiger partial charge is 0.491 e. The van der Waals surface area contributed by atoms with E-state index in [2.05, 4.69) is 4.90 Å². The van der Waals surface area contributed by atoms with Gasteiger partial charge in [-0.15, -0.1) is 0 Å². The molecule has 6 heteroatoms. The van der Waals surface area contributed by atoms with Crippen LogP contribution in [0.2, 0.25) is 0 Å². The number of ketones is 1. The molecule has 0 radical (unpaired) electrons. The first-order valence-corrected chi connectivity index (χ1v) is 10.6. The van der Waals surface area contributed by atoms with Crippen molar-refractivity contribution >= 4 is 17.4 Å². The summed E-state index contributed by atoms with van der Waals surface area (Å²) >= 11 is 0. The minimum absolute atomic E-state index is 0.0484. The molecule has 158 valence electrons. The zero-order valence-electron chi connectivity index (χ0n) is 17.4. The van der Waals surface area contributed by atoms with Gasteiger partial charge in [0.1, 0.15) is 12.4 Å². The number of rotatable bonds is 6. The summed E-state index contributed by atoms with van der Waals surface area (Å²) in [4.78, 5) is 28.4. The summed E-state index contributed by atoms with van der Waals surface area (Å²) in [7, 11) is 0. The summed E-state index contributed by atoms with van der Waals surface area (Å²) in [6, 6.07) is 15.0. The molecule has 2 aromatic rings. The fraction of sp³-hybridized carbons (Fsp3) is 0.417. The van der Waals surface area contributed by atoms with Crippen LogP contribution < -0.4 is 9.64 Å². The molecule has 4 rings (SSSR count). The third-order valence-electron chi connectivity index (χ3n) is 5.77. The van der Waals surface area contributed by atoms with E-state index in [9.17, 15) is 9.59 Å². The molecule has 2 aliphatic heterocycles. The number of benzene rings is 2. The molecule has 2 heterocycles. The maximum atomic E-state index is 12.8. The van der Waals surface area contributed by atoms with Gasteiger partial charge in [-0.1, -0.05) is 0 Å². The molecule has 0 saturated carbocycles. The van der Waals surface area contributed by atoms with E-state index in [-0.39, 0.29) is 17.8 Å². The summed E-state index contributed by atoms with van der Waals surface area (Å²) in [6.07, 6.45) is 2.32. The Kier molecular flexibility index (Phi) is 6.33. The Bertz CT molecular complexity index is 865. The number of nitrogens with zero attached hydrogens (tertiary/aromatic N) is 2. The van der Waals surface area contributed by atoms with Gasteiger partial charge in [0.25, 0.3) is 5.91 Å². The van der Waals surface area contributed by atoms with Gasteiger partial charge in [0.15, 0.2) is 5.78 Å². The highest BCUT2D eigenvalue weighted by molar-refractivity contribution is 5.95. The molecule has 0 N–H and O–H groups in total. The molecule has 0 spiro atoms. The average Bonchev–Trinajstić information content (AvgIpc) is 3.31. The summed E-state index contributed by atoms with van der Waals surface area (Å²) in [5.41, 5.74) is 2.48. The molecule has 0 aliphatic carbocycles. The number of ether oxygens (including phenoxy) is 2. The van der Waals surface area contributed by atoms with Gasteiger partial charge in [0.2, 0.25) is 0 Å². The Morgan fingerprint density at radius 2 is 1.63 bits per heavy atom. The number of hydrogen-bond acceptors (Lipinski definition) is 5. The molecule has 0 unspecified atom stereocenters. The second-order valence-electron chi connectivity index (χ2n) is 7.85. The van der Waals surface area contributed by atoms with Crippen molar-refractivity contribution in [3.63, 3.8) is 0 Å². The van der Waals surface area contributed by atoms with Crippen molar-refractivity contribution in [1.29, 1.82) is 0 Å². The molecule has 6 nitrogen and oxygen atoms in total. The van der Waals surface area contributed by atoms with Crippen molar-refractivity contribution in [2.75, 3.05) is 44.3 Å². The number of Topliss-reactive ketones (excluding diaryl/α,β-unsaturated/α-hetero) is 1. The third-order valence-corrected chi connectivity index (χ3v) is 5.77. The Balaban J connectivity index is 1.28. The number of amides is 1. The molecular formula is C24H28N2O4. The lowest BCUT2D eigenvalue weighted by Gasteiger charge is -2.36. The van der Waals surface area contributed by atoms with Gasteiger partial charge >= 0.3 is 0 Å². The van der Waals surface area contributed by atoms with Crippen LogP contribution >= 0.6 is 0 Å². The van der Waals surface area contributed by atoms with Gasteiger partial charge in [0, 0.05) is 49.6 Å². The summed E-state index contributed by atoms with van der Waals surface area (Å²) in [6.45, 7) is 5.83. The molecule has 2 aromatic carbocycles. The smallest absolute Gasteiger partial charge is 0.253 e. The SMILES string of the molecule is CC(=O)c1ccc(N2CCN(C(=O)c3ccc(OC[C@@H]4CCCO4)cc3)CC2)cc1. The molecule has 30 heavy (non-hydrogen) atoms. The van der Waals surface area contributed by atoms with Crippen LogP contribution in [0.25, 0.3) is 0 Å². The number of hydrogen-bond donors (Lipinski definition) is 0. The first kappa shape index (κ1) is 20.4. The summed E-state index contributed by atoms with van der Waals surface area (Å²) < 4.78 is 11.3. The van der Waals surface area contributed by atoms with Crippen LogP contribution in [-0.2, 0) is 4.74 Å². The second kappa shape index (κ2) is 9.30. The van der Waals surface area contributed by atoms with Crippen molar-refractivity contribution < 1.29 is 19.1 Å². The van der Waals surface area contributed by atoms with E-state index in [4.69, 9.17) is 9.47 Å². The van der Waals surface area contributed by atoms with Gasteiger partial charge in [0.05, 0.1) is 6.10 Å². The minimum atomic E-state index is 0.0484. The van der Waals surface area contributed by atoms with E-state index >= 15 is 0 Å². The van der Waals surface area contributed by atoms with E-state index in [1.807, 2.05) is 53.4 Å². The zero-order valence-corrected chi connectivity index (χ0v) is 17.4. The quantitative estimate of drug-likeness (QED) is 0.686. The highest BCUT2D eigenvalue weighted by Crippen LogP contribution is 2.20. The van der Waals surface area contributed by atoms with Crippen LogP contribution in [0.15, 0.2) is 48.5 Å². The highest BCUT2D eigenvalue weighted by Gasteiger charge is 2.22. The number of anilines is 1. The first-order chi connectivity index (χ1) is 14.6. The minimum Gasteiger partial charge on any atom is -0.491 e. The average molecular weight is 408 g/mol. The van der Waals surface area contributed by atoms with Crippen LogP contribution in [0.3, 0.4) is 0 Å². The monoisotopic (exact) mass is 408 g/mol. The van der Waals surface area contributed by atoms with Crippen LogP contribution in [0, 0.1) is 0 Å². The fourth-order valence-corrected chi connectivity index (χ4v) is 3.92. The van der Waals surface area contributed by atoms with E-state index in [1.54, 1.807) is 6.92 Å².